The second kappa shape index (κ2) is 11.7. The molecule has 2 rings (SSSR count). The minimum atomic E-state index is -1.49. The summed E-state index contributed by atoms with van der Waals surface area (Å²) in [6, 6.07) is -1.53. The number of hydrogen-bond donors (Lipinski definition) is 4. The molecule has 5 N–H and O–H groups in total. The molecule has 3 unspecified atom stereocenters. The number of alkyl carbamates (subject to hydrolysis) is 1. The number of amides is 4. The van der Waals surface area contributed by atoms with Crippen LogP contribution in [-0.2, 0) is 19.1 Å². The monoisotopic (exact) mass is 468 g/mol. The number of nitrogens with zero attached hydrogens (tertiary/aromatic N) is 1. The average Bonchev–Trinajstić information content (AvgIpc) is 3.10. The lowest BCUT2D eigenvalue weighted by atomic mass is 9.79. The largest absolute Gasteiger partial charge is 0.444 e. The lowest BCUT2D eigenvalue weighted by molar-refractivity contribution is -0.140. The van der Waals surface area contributed by atoms with Crippen LogP contribution in [0.15, 0.2) is 0 Å². The molecule has 0 aromatic carbocycles. The first kappa shape index (κ1) is 26.9. The van der Waals surface area contributed by atoms with Crippen molar-refractivity contribution in [1.82, 2.24) is 15.5 Å². The van der Waals surface area contributed by atoms with Gasteiger partial charge in [-0.3, -0.25) is 14.4 Å². The van der Waals surface area contributed by atoms with Gasteiger partial charge in [-0.15, -0.1) is 0 Å². The normalized spacial score (nSPS) is 22.8. The van der Waals surface area contributed by atoms with Crippen molar-refractivity contribution in [3.63, 3.8) is 0 Å². The number of primary amides is 1. The van der Waals surface area contributed by atoms with Crippen LogP contribution in [-0.4, -0.2) is 70.7 Å². The zero-order valence-electron chi connectivity index (χ0n) is 20.3. The summed E-state index contributed by atoms with van der Waals surface area (Å²) in [5.41, 5.74) is 4.62. The van der Waals surface area contributed by atoms with E-state index in [1.807, 2.05) is 6.92 Å². The van der Waals surface area contributed by atoms with Crippen molar-refractivity contribution in [2.45, 2.75) is 96.4 Å². The molecule has 33 heavy (non-hydrogen) atoms. The number of nitrogens with one attached hydrogen (secondary N) is 2. The summed E-state index contributed by atoms with van der Waals surface area (Å²) in [5.74, 6) is -1.39. The third kappa shape index (κ3) is 7.87. The third-order valence-corrected chi connectivity index (χ3v) is 6.37. The SMILES string of the molecule is CCC[C@H]1CCN(C(=O)CNC(=O)OC(C)(C)C)C1C(=O)NC(CC1CCC1)C(O)C(N)=O. The van der Waals surface area contributed by atoms with Gasteiger partial charge >= 0.3 is 6.09 Å². The first-order chi connectivity index (χ1) is 15.4. The predicted octanol–water partition coefficient (Wildman–Crippen LogP) is 1.05. The number of hydrogen-bond acceptors (Lipinski definition) is 6. The van der Waals surface area contributed by atoms with Crippen molar-refractivity contribution < 1.29 is 29.0 Å². The van der Waals surface area contributed by atoms with Gasteiger partial charge in [0.25, 0.3) is 0 Å². The zero-order valence-corrected chi connectivity index (χ0v) is 20.3. The second-order valence-corrected chi connectivity index (χ2v) is 10.2. The Hall–Kier alpha value is -2.36. The minimum absolute atomic E-state index is 0.0458. The van der Waals surface area contributed by atoms with Crippen molar-refractivity contribution in [1.29, 1.82) is 0 Å². The fourth-order valence-corrected chi connectivity index (χ4v) is 4.55. The fraction of sp³-hybridized carbons (Fsp3) is 0.826. The highest BCUT2D eigenvalue weighted by Gasteiger charge is 2.43. The second-order valence-electron chi connectivity index (χ2n) is 10.2. The van der Waals surface area contributed by atoms with E-state index < -0.39 is 41.7 Å². The highest BCUT2D eigenvalue weighted by molar-refractivity contribution is 5.91. The summed E-state index contributed by atoms with van der Waals surface area (Å²) in [5, 5.41) is 15.6. The molecule has 1 aliphatic carbocycles. The smallest absolute Gasteiger partial charge is 0.408 e. The van der Waals surface area contributed by atoms with E-state index >= 15 is 0 Å². The molecule has 0 aromatic rings. The highest BCUT2D eigenvalue weighted by atomic mass is 16.6. The Balaban J connectivity index is 2.08. The van der Waals surface area contributed by atoms with Crippen molar-refractivity contribution >= 4 is 23.8 Å². The quantitative estimate of drug-likeness (QED) is 0.376. The molecule has 2 fully saturated rings. The fourth-order valence-electron chi connectivity index (χ4n) is 4.55. The zero-order chi connectivity index (χ0) is 24.8. The molecular formula is C23H40N4O6. The summed E-state index contributed by atoms with van der Waals surface area (Å²) in [6.45, 7) is 7.30. The van der Waals surface area contributed by atoms with E-state index in [0.717, 1.165) is 32.1 Å². The van der Waals surface area contributed by atoms with E-state index in [1.54, 1.807) is 20.8 Å². The Bertz CT molecular complexity index is 718. The third-order valence-electron chi connectivity index (χ3n) is 6.37. The maximum atomic E-state index is 13.3. The molecule has 1 saturated carbocycles. The Morgan fingerprint density at radius 3 is 2.36 bits per heavy atom. The lowest BCUT2D eigenvalue weighted by Crippen LogP contribution is -2.57. The van der Waals surface area contributed by atoms with Gasteiger partial charge in [0.05, 0.1) is 6.04 Å². The van der Waals surface area contributed by atoms with Gasteiger partial charge in [0.2, 0.25) is 17.7 Å². The van der Waals surface area contributed by atoms with E-state index in [4.69, 9.17) is 10.5 Å². The van der Waals surface area contributed by atoms with Gasteiger partial charge in [0, 0.05) is 6.54 Å². The lowest BCUT2D eigenvalue weighted by Gasteiger charge is -2.34. The molecule has 1 saturated heterocycles. The average molecular weight is 469 g/mol. The van der Waals surface area contributed by atoms with Gasteiger partial charge in [-0.25, -0.2) is 4.79 Å². The molecule has 4 atom stereocenters. The molecule has 1 aliphatic heterocycles. The number of ether oxygens (including phenoxy) is 1. The summed E-state index contributed by atoms with van der Waals surface area (Å²) >= 11 is 0. The number of rotatable bonds is 10. The predicted molar refractivity (Wildman–Crippen MR) is 122 cm³/mol. The molecule has 10 nitrogen and oxygen atoms in total. The van der Waals surface area contributed by atoms with Crippen molar-refractivity contribution in [2.24, 2.45) is 17.6 Å². The van der Waals surface area contributed by atoms with Crippen LogP contribution in [0.5, 0.6) is 0 Å². The molecule has 1 heterocycles. The molecule has 2 aliphatic rings. The van der Waals surface area contributed by atoms with E-state index in [9.17, 15) is 24.3 Å². The van der Waals surface area contributed by atoms with Crippen molar-refractivity contribution in [2.75, 3.05) is 13.1 Å². The molecule has 0 aromatic heterocycles. The van der Waals surface area contributed by atoms with E-state index in [-0.39, 0.29) is 18.4 Å². The standard InChI is InChI=1S/C23H40N4O6/c1-5-7-15-10-11-27(17(28)13-25-22(32)33-23(2,3)4)18(15)21(31)26-16(19(29)20(24)30)12-14-8-6-9-14/h14-16,18-19,29H,5-13H2,1-4H3,(H2,24,30)(H,25,32)(H,26,31)/t15-,16?,18?,19?/m0/s1. The molecule has 0 bridgehead atoms. The molecular weight excluding hydrogens is 428 g/mol. The van der Waals surface area contributed by atoms with Crippen LogP contribution in [0.2, 0.25) is 0 Å². The summed E-state index contributed by atoms with van der Waals surface area (Å²) in [6.07, 6.45) is 3.61. The first-order valence-electron chi connectivity index (χ1n) is 12.0. The first-order valence-corrected chi connectivity index (χ1v) is 12.0. The number of nitrogens with two attached hydrogens (primary N) is 1. The van der Waals surface area contributed by atoms with Crippen LogP contribution >= 0.6 is 0 Å². The van der Waals surface area contributed by atoms with Crippen molar-refractivity contribution in [3.05, 3.63) is 0 Å². The van der Waals surface area contributed by atoms with Gasteiger partial charge in [-0.2, -0.15) is 0 Å². The van der Waals surface area contributed by atoms with E-state index in [0.29, 0.717) is 25.3 Å². The Labute approximate surface area is 196 Å². The van der Waals surface area contributed by atoms with Gasteiger partial charge in [-0.05, 0) is 51.9 Å². The van der Waals surface area contributed by atoms with Crippen LogP contribution < -0.4 is 16.4 Å². The molecule has 0 spiro atoms. The molecule has 188 valence electrons. The Morgan fingerprint density at radius 1 is 1.18 bits per heavy atom. The van der Waals surface area contributed by atoms with E-state index in [1.165, 1.54) is 4.90 Å². The summed E-state index contributed by atoms with van der Waals surface area (Å²) < 4.78 is 5.17. The number of aliphatic hydroxyl groups is 1. The van der Waals surface area contributed by atoms with Crippen molar-refractivity contribution in [3.8, 4) is 0 Å². The maximum absolute atomic E-state index is 13.3. The van der Waals surface area contributed by atoms with Gasteiger partial charge in [-0.1, -0.05) is 32.6 Å². The van der Waals surface area contributed by atoms with Gasteiger partial charge in [0.15, 0.2) is 6.10 Å². The Morgan fingerprint density at radius 2 is 1.85 bits per heavy atom. The van der Waals surface area contributed by atoms with E-state index in [2.05, 4.69) is 10.6 Å². The summed E-state index contributed by atoms with van der Waals surface area (Å²) in [4.78, 5) is 51.2. The molecule has 10 heteroatoms. The van der Waals surface area contributed by atoms with Crippen LogP contribution in [0, 0.1) is 11.8 Å². The number of aliphatic hydroxyl groups excluding tert-OH is 1. The van der Waals surface area contributed by atoms with Gasteiger partial charge in [0.1, 0.15) is 18.2 Å². The van der Waals surface area contributed by atoms with Crippen LogP contribution in [0.3, 0.4) is 0 Å². The van der Waals surface area contributed by atoms with Crippen LogP contribution in [0.1, 0.15) is 72.6 Å². The minimum Gasteiger partial charge on any atom is -0.444 e. The summed E-state index contributed by atoms with van der Waals surface area (Å²) in [7, 11) is 0. The highest BCUT2D eigenvalue weighted by Crippen LogP contribution is 2.32. The maximum Gasteiger partial charge on any atom is 0.408 e. The van der Waals surface area contributed by atoms with Crippen LogP contribution in [0.4, 0.5) is 4.79 Å². The number of carbonyl (C=O) groups is 4. The van der Waals surface area contributed by atoms with Crippen LogP contribution in [0.25, 0.3) is 0 Å². The number of carbonyl (C=O) groups excluding carboxylic acids is 4. The Kier molecular flexibility index (Phi) is 9.51. The van der Waals surface area contributed by atoms with Gasteiger partial charge < -0.3 is 31.1 Å². The topological polar surface area (TPSA) is 151 Å². The number of likely N-dealkylation sites (tertiary alicyclic amines) is 1. The molecule has 0 radical (unpaired) electrons. The molecule has 4 amide bonds.